The van der Waals surface area contributed by atoms with Crippen molar-refractivity contribution in [3.05, 3.63) is 30.3 Å². The first-order valence-corrected chi connectivity index (χ1v) is 5.94. The molecule has 1 aromatic rings. The minimum Gasteiger partial charge on any atom is -0.494 e. The van der Waals surface area contributed by atoms with Crippen LogP contribution in [0.5, 0.6) is 5.75 Å². The first-order chi connectivity index (χ1) is 7.84. The van der Waals surface area contributed by atoms with Crippen LogP contribution in [0.25, 0.3) is 0 Å². The van der Waals surface area contributed by atoms with Crippen LogP contribution in [-0.4, -0.2) is 44.2 Å². The van der Waals surface area contributed by atoms with Crippen LogP contribution in [0.4, 0.5) is 0 Å². The van der Waals surface area contributed by atoms with Crippen LogP contribution in [0.3, 0.4) is 0 Å². The van der Waals surface area contributed by atoms with Crippen LogP contribution < -0.4 is 10.1 Å². The molecule has 0 spiro atoms. The van der Waals surface area contributed by atoms with Crippen molar-refractivity contribution < 1.29 is 4.74 Å². The van der Waals surface area contributed by atoms with Gasteiger partial charge in [0.2, 0.25) is 0 Å². The van der Waals surface area contributed by atoms with E-state index < -0.39 is 0 Å². The van der Waals surface area contributed by atoms with E-state index in [0.717, 1.165) is 38.4 Å². The summed E-state index contributed by atoms with van der Waals surface area (Å²) in [5.41, 5.74) is 0. The standard InChI is InChI=1S/C13H20N2O/c1-15-9-8-14-12(11-15)7-10-16-13-5-3-2-4-6-13/h2-6,12,14H,7-11H2,1H3/t12-/m0/s1. The van der Waals surface area contributed by atoms with E-state index in [-0.39, 0.29) is 0 Å². The molecule has 1 aliphatic heterocycles. The predicted octanol–water partition coefficient (Wildman–Crippen LogP) is 1.36. The molecule has 2 rings (SSSR count). The van der Waals surface area contributed by atoms with Crippen LogP contribution in [0.15, 0.2) is 30.3 Å². The second-order valence-electron chi connectivity index (χ2n) is 4.36. The van der Waals surface area contributed by atoms with Gasteiger partial charge in [0.1, 0.15) is 5.75 Å². The Morgan fingerprint density at radius 1 is 1.38 bits per heavy atom. The molecule has 1 atom stereocenters. The fourth-order valence-corrected chi connectivity index (χ4v) is 2.02. The summed E-state index contributed by atoms with van der Waals surface area (Å²) in [4.78, 5) is 2.36. The second-order valence-corrected chi connectivity index (χ2v) is 4.36. The highest BCUT2D eigenvalue weighted by Gasteiger charge is 2.15. The molecule has 1 heterocycles. The van der Waals surface area contributed by atoms with Crippen molar-refractivity contribution in [1.82, 2.24) is 10.2 Å². The highest BCUT2D eigenvalue weighted by molar-refractivity contribution is 5.20. The van der Waals surface area contributed by atoms with Crippen molar-refractivity contribution in [1.29, 1.82) is 0 Å². The third-order valence-electron chi connectivity index (χ3n) is 2.94. The Kier molecular flexibility index (Phi) is 4.19. The maximum absolute atomic E-state index is 5.69. The summed E-state index contributed by atoms with van der Waals surface area (Å²) >= 11 is 0. The second kappa shape index (κ2) is 5.87. The van der Waals surface area contributed by atoms with Gasteiger partial charge in [-0.25, -0.2) is 0 Å². The smallest absolute Gasteiger partial charge is 0.119 e. The molecule has 1 saturated heterocycles. The summed E-state index contributed by atoms with van der Waals surface area (Å²) in [7, 11) is 2.17. The van der Waals surface area contributed by atoms with Gasteiger partial charge in [0.05, 0.1) is 6.61 Å². The molecule has 1 aliphatic rings. The summed E-state index contributed by atoms with van der Waals surface area (Å²) in [5.74, 6) is 0.965. The highest BCUT2D eigenvalue weighted by atomic mass is 16.5. The molecule has 1 fully saturated rings. The molecule has 1 N–H and O–H groups in total. The number of rotatable bonds is 4. The lowest BCUT2D eigenvalue weighted by atomic mass is 10.1. The lowest BCUT2D eigenvalue weighted by molar-refractivity contribution is 0.206. The number of para-hydroxylation sites is 1. The van der Waals surface area contributed by atoms with Crippen LogP contribution in [-0.2, 0) is 0 Å². The van der Waals surface area contributed by atoms with E-state index in [4.69, 9.17) is 4.74 Å². The first-order valence-electron chi connectivity index (χ1n) is 5.94. The van der Waals surface area contributed by atoms with Crippen LogP contribution >= 0.6 is 0 Å². The van der Waals surface area contributed by atoms with Crippen molar-refractivity contribution in [2.75, 3.05) is 33.3 Å². The van der Waals surface area contributed by atoms with E-state index in [1.165, 1.54) is 0 Å². The molecule has 3 heteroatoms. The molecule has 0 amide bonds. The fraction of sp³-hybridized carbons (Fsp3) is 0.538. The first kappa shape index (κ1) is 11.4. The molecule has 0 aromatic heterocycles. The Morgan fingerprint density at radius 3 is 2.94 bits per heavy atom. The summed E-state index contributed by atoms with van der Waals surface area (Å²) in [6.07, 6.45) is 1.07. The van der Waals surface area contributed by atoms with Gasteiger partial charge in [-0.05, 0) is 25.6 Å². The van der Waals surface area contributed by atoms with Gasteiger partial charge in [-0.1, -0.05) is 18.2 Å². The van der Waals surface area contributed by atoms with Crippen molar-refractivity contribution in [3.8, 4) is 5.75 Å². The molecule has 88 valence electrons. The summed E-state index contributed by atoms with van der Waals surface area (Å²) in [6, 6.07) is 10.6. The molecular formula is C13H20N2O. The Balaban J connectivity index is 1.68. The van der Waals surface area contributed by atoms with E-state index >= 15 is 0 Å². The van der Waals surface area contributed by atoms with Crippen LogP contribution in [0.2, 0.25) is 0 Å². The zero-order valence-corrected chi connectivity index (χ0v) is 9.86. The number of nitrogens with zero attached hydrogens (tertiary/aromatic N) is 1. The lowest BCUT2D eigenvalue weighted by Gasteiger charge is -2.30. The van der Waals surface area contributed by atoms with Crippen molar-refractivity contribution in [2.24, 2.45) is 0 Å². The molecule has 3 nitrogen and oxygen atoms in total. The third-order valence-corrected chi connectivity index (χ3v) is 2.94. The number of hydrogen-bond acceptors (Lipinski definition) is 3. The van der Waals surface area contributed by atoms with Gasteiger partial charge in [0.15, 0.2) is 0 Å². The molecule has 0 unspecified atom stereocenters. The molecule has 0 aliphatic carbocycles. The largest absolute Gasteiger partial charge is 0.494 e. The minimum absolute atomic E-state index is 0.572. The van der Waals surface area contributed by atoms with Gasteiger partial charge >= 0.3 is 0 Å². The maximum Gasteiger partial charge on any atom is 0.119 e. The van der Waals surface area contributed by atoms with Gasteiger partial charge in [0.25, 0.3) is 0 Å². The Labute approximate surface area is 97.4 Å². The average molecular weight is 220 g/mol. The van der Waals surface area contributed by atoms with E-state index in [1.54, 1.807) is 0 Å². The molecule has 0 saturated carbocycles. The van der Waals surface area contributed by atoms with Gasteiger partial charge in [-0.3, -0.25) is 0 Å². The maximum atomic E-state index is 5.69. The predicted molar refractivity (Wildman–Crippen MR) is 65.8 cm³/mol. The van der Waals surface area contributed by atoms with E-state index in [1.807, 2.05) is 30.3 Å². The van der Waals surface area contributed by atoms with Crippen LogP contribution in [0, 0.1) is 0 Å². The Bertz CT molecular complexity index is 302. The molecule has 0 bridgehead atoms. The number of piperazine rings is 1. The lowest BCUT2D eigenvalue weighted by Crippen LogP contribution is -2.49. The summed E-state index contributed by atoms with van der Waals surface area (Å²) in [5, 5.41) is 3.51. The molecule has 1 aromatic carbocycles. The fourth-order valence-electron chi connectivity index (χ4n) is 2.02. The average Bonchev–Trinajstić information content (AvgIpc) is 2.30. The number of benzene rings is 1. The Hall–Kier alpha value is -1.06. The summed E-state index contributed by atoms with van der Waals surface area (Å²) < 4.78 is 5.69. The topological polar surface area (TPSA) is 24.5 Å². The van der Waals surface area contributed by atoms with Crippen molar-refractivity contribution >= 4 is 0 Å². The van der Waals surface area contributed by atoms with Gasteiger partial charge < -0.3 is 15.0 Å². The molecule has 16 heavy (non-hydrogen) atoms. The normalized spacial score (nSPS) is 21.9. The highest BCUT2D eigenvalue weighted by Crippen LogP contribution is 2.09. The number of nitrogens with one attached hydrogen (secondary N) is 1. The quantitative estimate of drug-likeness (QED) is 0.829. The molecule has 0 radical (unpaired) electrons. The van der Waals surface area contributed by atoms with Gasteiger partial charge in [-0.2, -0.15) is 0 Å². The zero-order chi connectivity index (χ0) is 11.2. The number of hydrogen-bond donors (Lipinski definition) is 1. The van der Waals surface area contributed by atoms with E-state index in [0.29, 0.717) is 6.04 Å². The van der Waals surface area contributed by atoms with E-state index in [2.05, 4.69) is 17.3 Å². The van der Waals surface area contributed by atoms with Crippen LogP contribution in [0.1, 0.15) is 6.42 Å². The minimum atomic E-state index is 0.572. The Morgan fingerprint density at radius 2 is 2.19 bits per heavy atom. The van der Waals surface area contributed by atoms with Crippen molar-refractivity contribution in [3.63, 3.8) is 0 Å². The molecular weight excluding hydrogens is 200 g/mol. The third kappa shape index (κ3) is 3.51. The monoisotopic (exact) mass is 220 g/mol. The van der Waals surface area contributed by atoms with Gasteiger partial charge in [-0.15, -0.1) is 0 Å². The number of likely N-dealkylation sites (N-methyl/N-ethyl adjacent to an activating group) is 1. The van der Waals surface area contributed by atoms with Crippen molar-refractivity contribution in [2.45, 2.75) is 12.5 Å². The SMILES string of the molecule is CN1CCN[C@@H](CCOc2ccccc2)C1. The number of ether oxygens (including phenoxy) is 1. The zero-order valence-electron chi connectivity index (χ0n) is 9.86. The van der Waals surface area contributed by atoms with Gasteiger partial charge in [0, 0.05) is 25.7 Å². The van der Waals surface area contributed by atoms with E-state index in [9.17, 15) is 0 Å². The summed E-state index contributed by atoms with van der Waals surface area (Å²) in [6.45, 7) is 4.15.